The van der Waals surface area contributed by atoms with E-state index in [2.05, 4.69) is 31.0 Å². The van der Waals surface area contributed by atoms with Crippen molar-refractivity contribution in [3.05, 3.63) is 59.7 Å². The van der Waals surface area contributed by atoms with Gasteiger partial charge in [0.2, 0.25) is 0 Å². The molecule has 0 aliphatic carbocycles. The normalized spacial score (nSPS) is 9.60. The molecule has 0 aliphatic heterocycles. The molecule has 0 spiro atoms. The molecule has 0 amide bonds. The minimum atomic E-state index is 0.951. The van der Waals surface area contributed by atoms with E-state index in [1.165, 1.54) is 11.1 Å². The van der Waals surface area contributed by atoms with E-state index in [0.29, 0.717) is 0 Å². The zero-order chi connectivity index (χ0) is 10.7. The van der Waals surface area contributed by atoms with E-state index in [4.69, 9.17) is 6.42 Å². The van der Waals surface area contributed by atoms with E-state index < -0.39 is 0 Å². The summed E-state index contributed by atoms with van der Waals surface area (Å²) >= 11 is 0. The van der Waals surface area contributed by atoms with Crippen LogP contribution in [0.3, 0.4) is 0 Å². The monoisotopic (exact) mass is 192 g/mol. The van der Waals surface area contributed by atoms with Gasteiger partial charge in [0, 0.05) is 5.56 Å². The van der Waals surface area contributed by atoms with Crippen molar-refractivity contribution in [2.75, 3.05) is 0 Å². The zero-order valence-electron chi connectivity index (χ0n) is 8.70. The molecule has 0 aromatic heterocycles. The molecule has 0 bridgehead atoms. The summed E-state index contributed by atoms with van der Waals surface area (Å²) in [6.07, 6.45) is 5.49. The van der Waals surface area contributed by atoms with Crippen LogP contribution in [0.25, 0.3) is 11.1 Å². The minimum absolute atomic E-state index is 0.951. The molecule has 0 heterocycles. The van der Waals surface area contributed by atoms with E-state index in [-0.39, 0.29) is 0 Å². The minimum Gasteiger partial charge on any atom is -0.115 e. The van der Waals surface area contributed by atoms with Gasteiger partial charge in [0.25, 0.3) is 0 Å². The summed E-state index contributed by atoms with van der Waals surface area (Å²) in [4.78, 5) is 0. The van der Waals surface area contributed by atoms with Crippen molar-refractivity contribution in [1.29, 1.82) is 0 Å². The molecule has 0 radical (unpaired) electrons. The highest BCUT2D eigenvalue weighted by Crippen LogP contribution is 2.25. The Morgan fingerprint density at radius 3 is 2.13 bits per heavy atom. The Morgan fingerprint density at radius 1 is 0.867 bits per heavy atom. The second kappa shape index (κ2) is 4.02. The van der Waals surface area contributed by atoms with Crippen LogP contribution in [0.1, 0.15) is 11.1 Å². The van der Waals surface area contributed by atoms with E-state index in [9.17, 15) is 0 Å². The molecule has 0 saturated carbocycles. The Kier molecular flexibility index (Phi) is 2.56. The number of benzene rings is 2. The number of aryl methyl sites for hydroxylation is 1. The van der Waals surface area contributed by atoms with E-state index in [0.717, 1.165) is 11.1 Å². The highest BCUT2D eigenvalue weighted by atomic mass is 14.1. The SMILES string of the molecule is C#Cc1ccccc1-c1ccccc1C. The third-order valence-corrected chi connectivity index (χ3v) is 2.52. The number of hydrogen-bond donors (Lipinski definition) is 0. The van der Waals surface area contributed by atoms with Gasteiger partial charge >= 0.3 is 0 Å². The van der Waals surface area contributed by atoms with Crippen molar-refractivity contribution in [2.24, 2.45) is 0 Å². The Hall–Kier alpha value is -2.00. The van der Waals surface area contributed by atoms with Crippen LogP contribution in [-0.4, -0.2) is 0 Å². The summed E-state index contributed by atoms with van der Waals surface area (Å²) in [6, 6.07) is 16.3. The lowest BCUT2D eigenvalue weighted by Gasteiger charge is -2.07. The fraction of sp³-hybridized carbons (Fsp3) is 0.0667. The third kappa shape index (κ3) is 1.78. The quantitative estimate of drug-likeness (QED) is 0.605. The van der Waals surface area contributed by atoms with Gasteiger partial charge in [-0.3, -0.25) is 0 Å². The average Bonchev–Trinajstić information content (AvgIpc) is 2.30. The van der Waals surface area contributed by atoms with Gasteiger partial charge in [0.1, 0.15) is 0 Å². The zero-order valence-corrected chi connectivity index (χ0v) is 8.70. The molecular formula is C15H12. The molecule has 2 aromatic carbocycles. The average molecular weight is 192 g/mol. The van der Waals surface area contributed by atoms with Crippen molar-refractivity contribution in [2.45, 2.75) is 6.92 Å². The highest BCUT2D eigenvalue weighted by molar-refractivity contribution is 5.73. The molecule has 15 heavy (non-hydrogen) atoms. The van der Waals surface area contributed by atoms with Crippen LogP contribution in [0.5, 0.6) is 0 Å². The van der Waals surface area contributed by atoms with Gasteiger partial charge < -0.3 is 0 Å². The molecule has 0 unspecified atom stereocenters. The predicted octanol–water partition coefficient (Wildman–Crippen LogP) is 3.64. The summed E-state index contributed by atoms with van der Waals surface area (Å²) < 4.78 is 0. The van der Waals surface area contributed by atoms with Crippen molar-refractivity contribution in [1.82, 2.24) is 0 Å². The Bertz CT molecular complexity index is 516. The van der Waals surface area contributed by atoms with Gasteiger partial charge in [-0.15, -0.1) is 6.42 Å². The van der Waals surface area contributed by atoms with Crippen LogP contribution < -0.4 is 0 Å². The molecule has 0 atom stereocenters. The van der Waals surface area contributed by atoms with Gasteiger partial charge in [-0.1, -0.05) is 48.4 Å². The van der Waals surface area contributed by atoms with Gasteiger partial charge in [0.15, 0.2) is 0 Å². The predicted molar refractivity (Wildman–Crippen MR) is 64.6 cm³/mol. The third-order valence-electron chi connectivity index (χ3n) is 2.52. The summed E-state index contributed by atoms with van der Waals surface area (Å²) in [5.41, 5.74) is 4.55. The fourth-order valence-corrected chi connectivity index (χ4v) is 1.72. The van der Waals surface area contributed by atoms with Gasteiger partial charge in [-0.05, 0) is 29.7 Å². The number of rotatable bonds is 1. The lowest BCUT2D eigenvalue weighted by Crippen LogP contribution is -1.86. The maximum absolute atomic E-state index is 5.49. The van der Waals surface area contributed by atoms with Gasteiger partial charge in [-0.25, -0.2) is 0 Å². The molecule has 2 rings (SSSR count). The van der Waals surface area contributed by atoms with E-state index >= 15 is 0 Å². The molecule has 0 heteroatoms. The second-order valence-corrected chi connectivity index (χ2v) is 3.50. The van der Waals surface area contributed by atoms with Gasteiger partial charge in [0.05, 0.1) is 0 Å². The second-order valence-electron chi connectivity index (χ2n) is 3.50. The molecule has 0 nitrogen and oxygen atoms in total. The molecule has 0 N–H and O–H groups in total. The van der Waals surface area contributed by atoms with E-state index in [1.54, 1.807) is 0 Å². The van der Waals surface area contributed by atoms with Crippen LogP contribution in [0.15, 0.2) is 48.5 Å². The highest BCUT2D eigenvalue weighted by Gasteiger charge is 2.03. The fourth-order valence-electron chi connectivity index (χ4n) is 1.72. The van der Waals surface area contributed by atoms with Gasteiger partial charge in [-0.2, -0.15) is 0 Å². The first-order valence-electron chi connectivity index (χ1n) is 4.94. The lowest BCUT2D eigenvalue weighted by molar-refractivity contribution is 1.45. The first-order valence-corrected chi connectivity index (χ1v) is 4.94. The van der Waals surface area contributed by atoms with Crippen molar-refractivity contribution in [3.63, 3.8) is 0 Å². The van der Waals surface area contributed by atoms with Crippen molar-refractivity contribution in [3.8, 4) is 23.5 Å². The lowest BCUT2D eigenvalue weighted by atomic mass is 9.96. The largest absolute Gasteiger partial charge is 0.115 e. The summed E-state index contributed by atoms with van der Waals surface area (Å²) in [7, 11) is 0. The van der Waals surface area contributed by atoms with Crippen LogP contribution in [0.4, 0.5) is 0 Å². The van der Waals surface area contributed by atoms with Crippen LogP contribution in [-0.2, 0) is 0 Å². The summed E-state index contributed by atoms with van der Waals surface area (Å²) in [5, 5.41) is 0. The summed E-state index contributed by atoms with van der Waals surface area (Å²) in [5.74, 6) is 2.72. The first-order chi connectivity index (χ1) is 7.33. The standard InChI is InChI=1S/C15H12/c1-3-13-9-5-7-11-15(13)14-10-6-4-8-12(14)2/h1,4-11H,2H3. The molecule has 0 aliphatic rings. The first kappa shape index (κ1) is 9.55. The molecule has 72 valence electrons. The smallest absolute Gasteiger partial charge is 0.0321 e. The molecule has 2 aromatic rings. The Balaban J connectivity index is 2.65. The van der Waals surface area contributed by atoms with Crippen LogP contribution in [0.2, 0.25) is 0 Å². The number of terminal acetylenes is 1. The van der Waals surface area contributed by atoms with Crippen LogP contribution in [0, 0.1) is 19.3 Å². The van der Waals surface area contributed by atoms with E-state index in [1.807, 2.05) is 30.3 Å². The Morgan fingerprint density at radius 2 is 1.47 bits per heavy atom. The Labute approximate surface area is 90.6 Å². The van der Waals surface area contributed by atoms with Crippen molar-refractivity contribution >= 4 is 0 Å². The number of hydrogen-bond acceptors (Lipinski definition) is 0. The molecule has 0 saturated heterocycles. The van der Waals surface area contributed by atoms with Crippen LogP contribution >= 0.6 is 0 Å². The maximum atomic E-state index is 5.49. The maximum Gasteiger partial charge on any atom is 0.0321 e. The molecular weight excluding hydrogens is 180 g/mol. The topological polar surface area (TPSA) is 0 Å². The summed E-state index contributed by atoms with van der Waals surface area (Å²) in [6.45, 7) is 2.10. The molecule has 0 fully saturated rings. The van der Waals surface area contributed by atoms with Crippen molar-refractivity contribution < 1.29 is 0 Å².